The second-order valence-corrected chi connectivity index (χ2v) is 18.0. The lowest BCUT2D eigenvalue weighted by atomic mass is 10.0. The minimum absolute atomic E-state index is 0.128. The monoisotopic (exact) mass is 875 g/mol. The highest BCUT2D eigenvalue weighted by Crippen LogP contribution is 2.43. The Hall–Kier alpha value is -1.89. The average molecular weight is 875 g/mol. The summed E-state index contributed by atoms with van der Waals surface area (Å²) in [6.07, 6.45) is 34.2. The van der Waals surface area contributed by atoms with E-state index in [4.69, 9.17) is 19.1 Å². The third-order valence-corrected chi connectivity index (χ3v) is 11.1. The number of rotatable bonds is 43. The zero-order valence-corrected chi connectivity index (χ0v) is 38.7. The van der Waals surface area contributed by atoms with Crippen LogP contribution in [0.3, 0.4) is 0 Å². The van der Waals surface area contributed by atoms with E-state index < -0.39 is 70.6 Å². The summed E-state index contributed by atoms with van der Waals surface area (Å²) in [7, 11) is -4.70. The van der Waals surface area contributed by atoms with Crippen molar-refractivity contribution in [1.82, 2.24) is 0 Å². The van der Waals surface area contributed by atoms with Gasteiger partial charge in [0, 0.05) is 12.8 Å². The number of phosphoric acid groups is 1. The van der Waals surface area contributed by atoms with Crippen LogP contribution in [0.5, 0.6) is 0 Å². The second-order valence-electron chi connectivity index (χ2n) is 16.6. The van der Waals surface area contributed by atoms with Gasteiger partial charge in [0.2, 0.25) is 0 Å². The normalized spacial score (nSPS) is 15.2. The number of aliphatic hydroxyl groups excluding tert-OH is 4. The number of carbonyl (C=O) groups is 2. The molecule has 0 saturated carbocycles. The zero-order chi connectivity index (χ0) is 44.5. The van der Waals surface area contributed by atoms with E-state index in [1.54, 1.807) is 0 Å². The number of esters is 2. The summed E-state index contributed by atoms with van der Waals surface area (Å²) in [6, 6.07) is 0. The Morgan fingerprint density at radius 3 is 1.67 bits per heavy atom. The molecule has 12 nitrogen and oxygen atoms in total. The van der Waals surface area contributed by atoms with Gasteiger partial charge < -0.3 is 34.8 Å². The quantitative estimate of drug-likeness (QED) is 0.0169. The summed E-state index contributed by atoms with van der Waals surface area (Å²) in [5.41, 5.74) is 0. The van der Waals surface area contributed by atoms with Gasteiger partial charge in [-0.05, 0) is 57.3 Å². The van der Waals surface area contributed by atoms with Crippen molar-refractivity contribution in [2.75, 3.05) is 26.4 Å². The van der Waals surface area contributed by atoms with Crippen molar-refractivity contribution in [3.05, 3.63) is 36.5 Å². The van der Waals surface area contributed by atoms with E-state index in [9.17, 15) is 34.4 Å². The fourth-order valence-electron chi connectivity index (χ4n) is 6.40. The van der Waals surface area contributed by atoms with Gasteiger partial charge in [-0.3, -0.25) is 18.6 Å². The lowest BCUT2D eigenvalue weighted by molar-refractivity contribution is -0.161. The van der Waals surface area contributed by atoms with Crippen LogP contribution < -0.4 is 0 Å². The minimum Gasteiger partial charge on any atom is -0.462 e. The molecular formula is C47H87O12P. The van der Waals surface area contributed by atoms with Crippen LogP contribution in [0.1, 0.15) is 194 Å². The van der Waals surface area contributed by atoms with Crippen molar-refractivity contribution in [3.63, 3.8) is 0 Å². The molecule has 13 heteroatoms. The van der Waals surface area contributed by atoms with Crippen LogP contribution in [-0.2, 0) is 32.7 Å². The number of ether oxygens (including phenoxy) is 2. The largest absolute Gasteiger partial charge is 0.472 e. The second kappa shape index (κ2) is 41.1. The highest BCUT2D eigenvalue weighted by atomic mass is 31.2. The molecule has 0 aromatic rings. The predicted molar refractivity (Wildman–Crippen MR) is 240 cm³/mol. The van der Waals surface area contributed by atoms with E-state index in [0.29, 0.717) is 6.42 Å². The van der Waals surface area contributed by atoms with Crippen LogP contribution in [0.25, 0.3) is 0 Å². The number of phosphoric ester groups is 1. The highest BCUT2D eigenvalue weighted by Gasteiger charge is 2.27. The van der Waals surface area contributed by atoms with E-state index in [1.807, 2.05) is 12.2 Å². The van der Waals surface area contributed by atoms with Crippen LogP contribution in [0, 0.1) is 5.92 Å². The van der Waals surface area contributed by atoms with Crippen molar-refractivity contribution < 1.29 is 58.0 Å². The summed E-state index contributed by atoms with van der Waals surface area (Å²) in [5.74, 6) is -0.386. The number of aliphatic hydroxyl groups is 4. The average Bonchev–Trinajstić information content (AvgIpc) is 3.22. The molecule has 0 heterocycles. The van der Waals surface area contributed by atoms with Gasteiger partial charge in [-0.2, -0.15) is 0 Å². The van der Waals surface area contributed by atoms with Gasteiger partial charge in [0.1, 0.15) is 12.7 Å². The molecule has 0 aliphatic carbocycles. The van der Waals surface area contributed by atoms with E-state index in [-0.39, 0.29) is 32.1 Å². The molecule has 0 bridgehead atoms. The van der Waals surface area contributed by atoms with Gasteiger partial charge in [-0.25, -0.2) is 4.57 Å². The first-order valence-corrected chi connectivity index (χ1v) is 25.0. The Kier molecular flexibility index (Phi) is 39.8. The smallest absolute Gasteiger partial charge is 0.462 e. The van der Waals surface area contributed by atoms with Gasteiger partial charge in [0.15, 0.2) is 6.10 Å². The number of hydrogen-bond donors (Lipinski definition) is 5. The van der Waals surface area contributed by atoms with Crippen LogP contribution in [-0.4, -0.2) is 88.1 Å². The molecule has 0 aliphatic rings. The molecule has 352 valence electrons. The predicted octanol–water partition coefficient (Wildman–Crippen LogP) is 10.5. The van der Waals surface area contributed by atoms with E-state index in [1.165, 1.54) is 96.3 Å². The van der Waals surface area contributed by atoms with Gasteiger partial charge in [-0.15, -0.1) is 0 Å². The summed E-state index contributed by atoms with van der Waals surface area (Å²) >= 11 is 0. The highest BCUT2D eigenvalue weighted by molar-refractivity contribution is 7.47. The Morgan fingerprint density at radius 2 is 1.10 bits per heavy atom. The third-order valence-electron chi connectivity index (χ3n) is 10.2. The lowest BCUT2D eigenvalue weighted by Gasteiger charge is -2.20. The fraction of sp³-hybridized carbons (Fsp3) is 0.830. The maximum absolute atomic E-state index is 12.7. The van der Waals surface area contributed by atoms with Crippen LogP contribution >= 0.6 is 7.82 Å². The van der Waals surface area contributed by atoms with Gasteiger partial charge >= 0.3 is 19.8 Å². The first kappa shape index (κ1) is 58.1. The molecule has 0 aromatic carbocycles. The molecule has 60 heavy (non-hydrogen) atoms. The molecule has 0 aliphatic heterocycles. The SMILES string of the molecule is CCCCC/C=C\C/C=C\C/C=C\CC(O)C(O)CCCC(=O)O[C@H](COC(=O)CCCCCCCCCCCCCCCCCC(C)C)COP(=O)(O)OC[C@@H](O)CO. The van der Waals surface area contributed by atoms with Crippen molar-refractivity contribution in [3.8, 4) is 0 Å². The third kappa shape index (κ3) is 40.2. The fourth-order valence-corrected chi connectivity index (χ4v) is 7.19. The molecule has 0 aromatic heterocycles. The van der Waals surface area contributed by atoms with Crippen molar-refractivity contribution in [1.29, 1.82) is 0 Å². The molecule has 3 unspecified atom stereocenters. The lowest BCUT2D eigenvalue weighted by Crippen LogP contribution is -2.30. The molecular weight excluding hydrogens is 787 g/mol. The number of allylic oxidation sites excluding steroid dienone is 5. The van der Waals surface area contributed by atoms with E-state index in [2.05, 4.69) is 49.6 Å². The Balaban J connectivity index is 4.46. The maximum atomic E-state index is 12.7. The minimum atomic E-state index is -4.70. The standard InChI is InChI=1S/C47H87O12P/c1-4-5-6-7-8-9-10-17-20-23-26-29-33-44(50)45(51)34-31-36-47(53)59-43(40-58-60(54,55)57-38-42(49)37-48)39-56-46(52)35-30-27-24-21-18-15-13-11-12-14-16-19-22-25-28-32-41(2)3/h8-9,17,20,26,29,41-45,48-51H,4-7,10-16,18-19,21-25,27-28,30-40H2,1-3H3,(H,54,55)/b9-8-,20-17-,29-26-/t42-,43+,44?,45?/m0/s1. The molecule has 0 spiro atoms. The molecule has 0 amide bonds. The van der Waals surface area contributed by atoms with Gasteiger partial charge in [0.25, 0.3) is 0 Å². The summed E-state index contributed by atoms with van der Waals surface area (Å²) in [5, 5.41) is 39.1. The van der Waals surface area contributed by atoms with E-state index >= 15 is 0 Å². The zero-order valence-electron chi connectivity index (χ0n) is 37.8. The molecule has 0 saturated heterocycles. The van der Waals surface area contributed by atoms with Crippen LogP contribution in [0.2, 0.25) is 0 Å². The van der Waals surface area contributed by atoms with Crippen molar-refractivity contribution in [2.45, 2.75) is 219 Å². The van der Waals surface area contributed by atoms with E-state index in [0.717, 1.165) is 44.4 Å². The topological polar surface area (TPSA) is 189 Å². The number of carbonyl (C=O) groups excluding carboxylic acids is 2. The van der Waals surface area contributed by atoms with Crippen molar-refractivity contribution >= 4 is 19.8 Å². The molecule has 0 fully saturated rings. The Bertz CT molecular complexity index is 1140. The summed E-state index contributed by atoms with van der Waals surface area (Å²) < 4.78 is 32.6. The van der Waals surface area contributed by atoms with Crippen LogP contribution in [0.15, 0.2) is 36.5 Å². The maximum Gasteiger partial charge on any atom is 0.472 e. The first-order chi connectivity index (χ1) is 28.9. The van der Waals surface area contributed by atoms with Crippen molar-refractivity contribution in [2.24, 2.45) is 5.92 Å². The number of hydrogen-bond acceptors (Lipinski definition) is 11. The first-order valence-electron chi connectivity index (χ1n) is 23.5. The molecule has 0 rings (SSSR count). The Morgan fingerprint density at radius 1 is 0.583 bits per heavy atom. The molecule has 5 N–H and O–H groups in total. The van der Waals surface area contributed by atoms with Gasteiger partial charge in [-0.1, -0.05) is 166 Å². The van der Waals surface area contributed by atoms with Gasteiger partial charge in [0.05, 0.1) is 32.0 Å². The summed E-state index contributed by atoms with van der Waals surface area (Å²) in [6.45, 7) is 4.37. The number of unbranched alkanes of at least 4 members (excludes halogenated alkanes) is 17. The van der Waals surface area contributed by atoms with Crippen LogP contribution in [0.4, 0.5) is 0 Å². The molecule has 5 atom stereocenters. The molecule has 0 radical (unpaired) electrons. The Labute approximate surface area is 364 Å². The summed E-state index contributed by atoms with van der Waals surface area (Å²) in [4.78, 5) is 35.1.